The third kappa shape index (κ3) is 3.18. The summed E-state index contributed by atoms with van der Waals surface area (Å²) in [6.45, 7) is 2.27. The number of rotatable bonds is 4. The summed E-state index contributed by atoms with van der Waals surface area (Å²) in [7, 11) is 0. The van der Waals surface area contributed by atoms with Crippen LogP contribution >= 0.6 is 0 Å². The van der Waals surface area contributed by atoms with Crippen LogP contribution in [0.5, 0.6) is 0 Å². The molecule has 21 heavy (non-hydrogen) atoms. The molecule has 3 heteroatoms. The van der Waals surface area contributed by atoms with Gasteiger partial charge in [0.2, 0.25) is 0 Å². The molecule has 0 bridgehead atoms. The molecule has 0 radical (unpaired) electrons. The Balaban J connectivity index is 1.78. The highest BCUT2D eigenvalue weighted by Gasteiger charge is 2.29. The van der Waals surface area contributed by atoms with Gasteiger partial charge in [-0.05, 0) is 30.7 Å². The van der Waals surface area contributed by atoms with Crippen LogP contribution in [-0.4, -0.2) is 15.8 Å². The van der Waals surface area contributed by atoms with E-state index in [9.17, 15) is 0 Å². The van der Waals surface area contributed by atoms with Crippen LogP contribution in [0.3, 0.4) is 0 Å². The predicted molar refractivity (Wildman–Crippen MR) is 86.9 cm³/mol. The topological polar surface area (TPSA) is 43.8 Å². The van der Waals surface area contributed by atoms with Gasteiger partial charge in [-0.2, -0.15) is 5.10 Å². The van der Waals surface area contributed by atoms with E-state index in [1.807, 2.05) is 12.3 Å². The molecule has 0 amide bonds. The standard InChI is InChI=1S/C18H25N3/c1-2-6-14-9-10-17(19)18(11-14)21-13-16(12-20-21)15-7-4-3-5-8-15/h3-5,7-8,12-14,17-18H,2,6,9-11,19H2,1H3. The molecule has 1 saturated carbocycles. The minimum atomic E-state index is 0.238. The molecule has 3 rings (SSSR count). The largest absolute Gasteiger partial charge is 0.326 e. The van der Waals surface area contributed by atoms with Crippen LogP contribution < -0.4 is 5.73 Å². The van der Waals surface area contributed by atoms with E-state index in [0.29, 0.717) is 6.04 Å². The third-order valence-electron chi connectivity index (χ3n) is 4.72. The zero-order valence-electron chi connectivity index (χ0n) is 12.8. The second-order valence-electron chi connectivity index (χ2n) is 6.27. The fourth-order valence-corrected chi connectivity index (χ4v) is 3.53. The number of nitrogens with zero attached hydrogens (tertiary/aromatic N) is 2. The fraction of sp³-hybridized carbons (Fsp3) is 0.500. The molecular weight excluding hydrogens is 258 g/mol. The highest BCUT2D eigenvalue weighted by atomic mass is 15.3. The van der Waals surface area contributed by atoms with Crippen molar-refractivity contribution in [2.24, 2.45) is 11.7 Å². The maximum absolute atomic E-state index is 6.36. The maximum Gasteiger partial charge on any atom is 0.0672 e. The SMILES string of the molecule is CCCC1CCC(N)C(n2cc(-c3ccccc3)cn2)C1. The second kappa shape index (κ2) is 6.44. The first-order valence-electron chi connectivity index (χ1n) is 8.13. The summed E-state index contributed by atoms with van der Waals surface area (Å²) < 4.78 is 2.11. The van der Waals surface area contributed by atoms with Crippen LogP contribution in [-0.2, 0) is 0 Å². The van der Waals surface area contributed by atoms with E-state index in [2.05, 4.69) is 47.2 Å². The van der Waals surface area contributed by atoms with Crippen molar-refractivity contribution in [2.45, 2.75) is 51.1 Å². The molecule has 0 spiro atoms. The molecule has 1 aromatic heterocycles. The first-order chi connectivity index (χ1) is 10.3. The lowest BCUT2D eigenvalue weighted by atomic mass is 9.80. The van der Waals surface area contributed by atoms with Gasteiger partial charge < -0.3 is 5.73 Å². The van der Waals surface area contributed by atoms with Gasteiger partial charge in [0.25, 0.3) is 0 Å². The van der Waals surface area contributed by atoms with E-state index < -0.39 is 0 Å². The van der Waals surface area contributed by atoms with E-state index in [1.165, 1.54) is 36.8 Å². The summed E-state index contributed by atoms with van der Waals surface area (Å²) in [5.41, 5.74) is 8.76. The lowest BCUT2D eigenvalue weighted by molar-refractivity contribution is 0.212. The average Bonchev–Trinajstić information content (AvgIpc) is 3.00. The van der Waals surface area contributed by atoms with E-state index in [4.69, 9.17) is 5.73 Å². The molecule has 1 aliphatic rings. The summed E-state index contributed by atoms with van der Waals surface area (Å²) in [4.78, 5) is 0. The molecule has 0 saturated heterocycles. The number of nitrogens with two attached hydrogens (primary N) is 1. The molecule has 2 N–H and O–H groups in total. The molecule has 1 aromatic carbocycles. The van der Waals surface area contributed by atoms with Crippen molar-refractivity contribution < 1.29 is 0 Å². The van der Waals surface area contributed by atoms with Crippen LogP contribution in [0.15, 0.2) is 42.7 Å². The molecule has 1 heterocycles. The van der Waals surface area contributed by atoms with E-state index >= 15 is 0 Å². The monoisotopic (exact) mass is 283 g/mol. The van der Waals surface area contributed by atoms with Crippen LogP contribution in [0, 0.1) is 5.92 Å². The minimum Gasteiger partial charge on any atom is -0.326 e. The summed E-state index contributed by atoms with van der Waals surface area (Å²) in [5, 5.41) is 4.60. The molecule has 2 aromatic rings. The molecule has 1 fully saturated rings. The van der Waals surface area contributed by atoms with Crippen LogP contribution in [0.2, 0.25) is 0 Å². The average molecular weight is 283 g/mol. The van der Waals surface area contributed by atoms with Gasteiger partial charge in [-0.1, -0.05) is 50.1 Å². The minimum absolute atomic E-state index is 0.238. The Labute approximate surface area is 127 Å². The number of hydrogen-bond acceptors (Lipinski definition) is 2. The van der Waals surface area contributed by atoms with Crippen molar-refractivity contribution in [3.63, 3.8) is 0 Å². The Morgan fingerprint density at radius 1 is 1.19 bits per heavy atom. The van der Waals surface area contributed by atoms with Gasteiger partial charge >= 0.3 is 0 Å². The number of hydrogen-bond donors (Lipinski definition) is 1. The van der Waals surface area contributed by atoms with Crippen LogP contribution in [0.4, 0.5) is 0 Å². The molecule has 0 aliphatic heterocycles. The highest BCUT2D eigenvalue weighted by molar-refractivity contribution is 5.61. The summed E-state index contributed by atoms with van der Waals surface area (Å²) in [5.74, 6) is 0.809. The summed E-state index contributed by atoms with van der Waals surface area (Å²) in [6.07, 6.45) is 10.3. The molecular formula is C18H25N3. The smallest absolute Gasteiger partial charge is 0.0672 e. The van der Waals surface area contributed by atoms with Crippen LogP contribution in [0.1, 0.15) is 45.1 Å². The Hall–Kier alpha value is -1.61. The lowest BCUT2D eigenvalue weighted by Gasteiger charge is -2.34. The van der Waals surface area contributed by atoms with Gasteiger partial charge in [-0.3, -0.25) is 4.68 Å². The molecule has 3 unspecified atom stereocenters. The maximum atomic E-state index is 6.36. The van der Waals surface area contributed by atoms with Crippen molar-refractivity contribution >= 4 is 0 Å². The Bertz CT molecular complexity index is 561. The predicted octanol–water partition coefficient (Wildman–Crippen LogP) is 4.02. The normalized spacial score (nSPS) is 25.9. The Morgan fingerprint density at radius 2 is 2.00 bits per heavy atom. The van der Waals surface area contributed by atoms with Crippen molar-refractivity contribution in [3.8, 4) is 11.1 Å². The van der Waals surface area contributed by atoms with Gasteiger partial charge in [-0.25, -0.2) is 0 Å². The van der Waals surface area contributed by atoms with Gasteiger partial charge in [0.15, 0.2) is 0 Å². The van der Waals surface area contributed by atoms with Gasteiger partial charge in [0, 0.05) is 17.8 Å². The number of benzene rings is 1. The van der Waals surface area contributed by atoms with E-state index in [0.717, 1.165) is 12.3 Å². The van der Waals surface area contributed by atoms with Gasteiger partial charge in [-0.15, -0.1) is 0 Å². The molecule has 3 nitrogen and oxygen atoms in total. The molecule has 1 aliphatic carbocycles. The van der Waals surface area contributed by atoms with Crippen molar-refractivity contribution in [1.82, 2.24) is 9.78 Å². The lowest BCUT2D eigenvalue weighted by Crippen LogP contribution is -2.38. The van der Waals surface area contributed by atoms with Gasteiger partial charge in [0.05, 0.1) is 12.2 Å². The quantitative estimate of drug-likeness (QED) is 0.921. The summed E-state index contributed by atoms with van der Waals surface area (Å²) >= 11 is 0. The zero-order valence-corrected chi connectivity index (χ0v) is 12.8. The third-order valence-corrected chi connectivity index (χ3v) is 4.72. The highest BCUT2D eigenvalue weighted by Crippen LogP contribution is 2.34. The molecule has 112 valence electrons. The summed E-state index contributed by atoms with van der Waals surface area (Å²) in [6, 6.07) is 11.0. The Morgan fingerprint density at radius 3 is 2.76 bits per heavy atom. The van der Waals surface area contributed by atoms with Crippen molar-refractivity contribution in [1.29, 1.82) is 0 Å². The van der Waals surface area contributed by atoms with Crippen molar-refractivity contribution in [3.05, 3.63) is 42.7 Å². The fourth-order valence-electron chi connectivity index (χ4n) is 3.53. The van der Waals surface area contributed by atoms with Gasteiger partial charge in [0.1, 0.15) is 0 Å². The second-order valence-corrected chi connectivity index (χ2v) is 6.27. The zero-order chi connectivity index (χ0) is 14.7. The van der Waals surface area contributed by atoms with E-state index in [1.54, 1.807) is 0 Å². The number of aromatic nitrogens is 2. The van der Waals surface area contributed by atoms with Crippen molar-refractivity contribution in [2.75, 3.05) is 0 Å². The Kier molecular flexibility index (Phi) is 4.39. The van der Waals surface area contributed by atoms with Crippen LogP contribution in [0.25, 0.3) is 11.1 Å². The first-order valence-corrected chi connectivity index (χ1v) is 8.13. The molecule has 3 atom stereocenters. The van der Waals surface area contributed by atoms with E-state index in [-0.39, 0.29) is 6.04 Å². The first kappa shape index (κ1) is 14.3.